The van der Waals surface area contributed by atoms with Gasteiger partial charge in [-0.3, -0.25) is 4.98 Å². The Morgan fingerprint density at radius 1 is 0.479 bits per heavy atom. The molecule has 0 amide bonds. The summed E-state index contributed by atoms with van der Waals surface area (Å²) in [5.41, 5.74) is 9.10. The lowest BCUT2D eigenvalue weighted by molar-refractivity contribution is 0.233. The van der Waals surface area contributed by atoms with Crippen molar-refractivity contribution in [2.24, 2.45) is 11.8 Å². The lowest BCUT2D eigenvalue weighted by Gasteiger charge is -2.16. The van der Waals surface area contributed by atoms with Crippen molar-refractivity contribution in [3.8, 4) is 56.1 Å². The average Bonchev–Trinajstić information content (AvgIpc) is 3.15. The van der Waals surface area contributed by atoms with E-state index < -0.39 is 0 Å². The molecule has 1 heterocycles. The molecule has 0 saturated heterocycles. The molecule has 5 rings (SSSR count). The first-order chi connectivity index (χ1) is 23.6. The van der Waals surface area contributed by atoms with Crippen molar-refractivity contribution in [1.82, 2.24) is 4.98 Å². The average molecular weight is 640 g/mol. The fraction of sp³-hybridized carbons (Fsp3) is 0.356. The van der Waals surface area contributed by atoms with Crippen molar-refractivity contribution in [2.75, 3.05) is 13.2 Å². The first-order valence-corrected chi connectivity index (χ1v) is 18.2. The van der Waals surface area contributed by atoms with Gasteiger partial charge in [0.2, 0.25) is 0 Å². The lowest BCUT2D eigenvalue weighted by Crippen LogP contribution is -2.11. The molecule has 2 unspecified atom stereocenters. The zero-order chi connectivity index (χ0) is 33.6. The number of ether oxygens (including phenoxy) is 2. The van der Waals surface area contributed by atoms with E-state index in [-0.39, 0.29) is 0 Å². The summed E-state index contributed by atoms with van der Waals surface area (Å²) in [5.74, 6) is 3.08. The molecule has 0 fully saturated rings. The molecular formula is C45H53NO2. The fourth-order valence-corrected chi connectivity index (χ4v) is 6.23. The van der Waals surface area contributed by atoms with E-state index in [0.29, 0.717) is 11.8 Å². The highest BCUT2D eigenvalue weighted by molar-refractivity contribution is 5.82. The van der Waals surface area contributed by atoms with Crippen LogP contribution in [0.3, 0.4) is 0 Å². The molecule has 4 aromatic carbocycles. The van der Waals surface area contributed by atoms with E-state index in [9.17, 15) is 0 Å². The number of unbranched alkanes of at least 4 members (excludes halogenated alkanes) is 2. The van der Waals surface area contributed by atoms with Crippen LogP contribution in [0, 0.1) is 11.8 Å². The van der Waals surface area contributed by atoms with Gasteiger partial charge in [-0.1, -0.05) is 115 Å². The van der Waals surface area contributed by atoms with Crippen LogP contribution in [-0.2, 0) is 0 Å². The number of rotatable bonds is 18. The summed E-state index contributed by atoms with van der Waals surface area (Å²) in [6.07, 6.45) is 11.6. The van der Waals surface area contributed by atoms with Crippen LogP contribution >= 0.6 is 0 Å². The maximum Gasteiger partial charge on any atom is 0.119 e. The zero-order valence-corrected chi connectivity index (χ0v) is 29.5. The number of benzene rings is 4. The predicted molar refractivity (Wildman–Crippen MR) is 204 cm³/mol. The molecule has 0 radical (unpaired) electrons. The van der Waals surface area contributed by atoms with Crippen molar-refractivity contribution in [2.45, 2.75) is 79.1 Å². The van der Waals surface area contributed by atoms with Gasteiger partial charge in [0.1, 0.15) is 11.5 Å². The third kappa shape index (κ3) is 9.83. The summed E-state index contributed by atoms with van der Waals surface area (Å²) < 4.78 is 12.5. The monoisotopic (exact) mass is 639 g/mol. The Kier molecular flexibility index (Phi) is 13.3. The Balaban J connectivity index is 1.43. The Hall–Kier alpha value is -4.37. The van der Waals surface area contributed by atoms with Crippen LogP contribution in [0.15, 0.2) is 115 Å². The molecule has 5 aromatic rings. The second-order valence-electron chi connectivity index (χ2n) is 13.1. The van der Waals surface area contributed by atoms with Gasteiger partial charge in [-0.2, -0.15) is 0 Å². The molecule has 0 aliphatic rings. The molecule has 0 spiro atoms. The van der Waals surface area contributed by atoms with Gasteiger partial charge in [0.25, 0.3) is 0 Å². The van der Waals surface area contributed by atoms with Gasteiger partial charge in [-0.05, 0) is 119 Å². The Morgan fingerprint density at radius 2 is 0.958 bits per heavy atom. The normalized spacial score (nSPS) is 12.4. The van der Waals surface area contributed by atoms with Crippen LogP contribution in [-0.4, -0.2) is 18.2 Å². The second kappa shape index (κ2) is 18.2. The number of aromatic nitrogens is 1. The minimum atomic E-state index is 0.608. The smallest absolute Gasteiger partial charge is 0.119 e. The molecule has 0 bridgehead atoms. The lowest BCUT2D eigenvalue weighted by atomic mass is 9.92. The van der Waals surface area contributed by atoms with Crippen molar-refractivity contribution in [3.63, 3.8) is 0 Å². The van der Waals surface area contributed by atoms with Crippen LogP contribution in [0.1, 0.15) is 79.1 Å². The molecular weight excluding hydrogens is 587 g/mol. The van der Waals surface area contributed by atoms with Gasteiger partial charge in [-0.15, -0.1) is 0 Å². The first kappa shape index (κ1) is 35.0. The number of hydrogen-bond donors (Lipinski definition) is 0. The van der Waals surface area contributed by atoms with E-state index in [2.05, 4.69) is 130 Å². The zero-order valence-electron chi connectivity index (χ0n) is 29.5. The molecule has 48 heavy (non-hydrogen) atoms. The minimum absolute atomic E-state index is 0.608. The summed E-state index contributed by atoms with van der Waals surface area (Å²) in [7, 11) is 0. The van der Waals surface area contributed by atoms with E-state index in [1.54, 1.807) is 0 Å². The minimum Gasteiger partial charge on any atom is -0.493 e. The second-order valence-corrected chi connectivity index (χ2v) is 13.1. The third-order valence-corrected chi connectivity index (χ3v) is 9.52. The maximum atomic E-state index is 6.24. The van der Waals surface area contributed by atoms with Crippen LogP contribution in [0.25, 0.3) is 44.6 Å². The van der Waals surface area contributed by atoms with Crippen LogP contribution in [0.2, 0.25) is 0 Å². The molecule has 3 nitrogen and oxygen atoms in total. The maximum absolute atomic E-state index is 6.24. The fourth-order valence-electron chi connectivity index (χ4n) is 6.23. The molecule has 1 aromatic heterocycles. The largest absolute Gasteiger partial charge is 0.493 e. The summed E-state index contributed by atoms with van der Waals surface area (Å²) in [5, 5.41) is 0. The Labute approximate surface area is 289 Å². The summed E-state index contributed by atoms with van der Waals surface area (Å²) in [6, 6.07) is 38.9. The van der Waals surface area contributed by atoms with Crippen LogP contribution < -0.4 is 9.47 Å². The molecule has 0 aliphatic carbocycles. The predicted octanol–water partition coefficient (Wildman–Crippen LogP) is 12.9. The highest BCUT2D eigenvalue weighted by atomic mass is 16.5. The summed E-state index contributed by atoms with van der Waals surface area (Å²) in [4.78, 5) is 4.60. The van der Waals surface area contributed by atoms with Crippen molar-refractivity contribution in [3.05, 3.63) is 115 Å². The van der Waals surface area contributed by atoms with Gasteiger partial charge in [0, 0.05) is 11.8 Å². The number of pyridine rings is 1. The SMILES string of the molecule is CCCCC(CC)COc1ccc(-c2cc(-c3ccc(OCC(CC)CCCC)cc3)cc(-c3cccc(-c4ccccn4)c3)c2)cc1. The number of hydrogen-bond acceptors (Lipinski definition) is 3. The van der Waals surface area contributed by atoms with E-state index in [1.165, 1.54) is 66.3 Å². The number of nitrogens with zero attached hydrogens (tertiary/aromatic N) is 1. The van der Waals surface area contributed by atoms with Crippen molar-refractivity contribution in [1.29, 1.82) is 0 Å². The van der Waals surface area contributed by atoms with Crippen LogP contribution in [0.5, 0.6) is 11.5 Å². The Bertz CT molecular complexity index is 1580. The molecule has 0 aliphatic heterocycles. The molecule has 0 saturated carbocycles. The van der Waals surface area contributed by atoms with Crippen molar-refractivity contribution >= 4 is 0 Å². The van der Waals surface area contributed by atoms with E-state index in [4.69, 9.17) is 9.47 Å². The van der Waals surface area contributed by atoms with Crippen molar-refractivity contribution < 1.29 is 9.47 Å². The molecule has 250 valence electrons. The van der Waals surface area contributed by atoms with E-state index >= 15 is 0 Å². The standard InChI is InChI=1S/C45H53NO2/c1-5-9-14-34(7-3)32-47-43-23-19-36(20-24-43)40-29-41(37-21-25-44(26-22-37)48-33-35(8-4)15-10-6-2)31-42(30-40)38-16-13-17-39(28-38)45-18-11-12-27-46-45/h11-13,16-31,34-35H,5-10,14-15,32-33H2,1-4H3. The highest BCUT2D eigenvalue weighted by Crippen LogP contribution is 2.35. The van der Waals surface area contributed by atoms with Gasteiger partial charge in [0.05, 0.1) is 18.9 Å². The highest BCUT2D eigenvalue weighted by Gasteiger charge is 2.12. The quantitative estimate of drug-likeness (QED) is 0.0956. The van der Waals surface area contributed by atoms with E-state index in [0.717, 1.165) is 54.4 Å². The van der Waals surface area contributed by atoms with Gasteiger partial charge in [-0.25, -0.2) is 0 Å². The van der Waals surface area contributed by atoms with Gasteiger partial charge >= 0.3 is 0 Å². The Morgan fingerprint density at radius 3 is 1.42 bits per heavy atom. The topological polar surface area (TPSA) is 31.4 Å². The van der Waals surface area contributed by atoms with Gasteiger partial charge < -0.3 is 9.47 Å². The summed E-state index contributed by atoms with van der Waals surface area (Å²) in [6.45, 7) is 10.6. The van der Waals surface area contributed by atoms with E-state index in [1.807, 2.05) is 18.3 Å². The molecule has 0 N–H and O–H groups in total. The molecule has 3 heteroatoms. The molecule has 2 atom stereocenters. The summed E-state index contributed by atoms with van der Waals surface area (Å²) >= 11 is 0. The van der Waals surface area contributed by atoms with Crippen LogP contribution in [0.4, 0.5) is 0 Å². The first-order valence-electron chi connectivity index (χ1n) is 18.2. The van der Waals surface area contributed by atoms with Gasteiger partial charge in [0.15, 0.2) is 0 Å². The third-order valence-electron chi connectivity index (χ3n) is 9.52.